The van der Waals surface area contributed by atoms with Gasteiger partial charge in [-0.3, -0.25) is 30.2 Å². The van der Waals surface area contributed by atoms with Crippen LogP contribution < -0.4 is 15.8 Å². The Hall–Kier alpha value is -2.74. The summed E-state index contributed by atoms with van der Waals surface area (Å²) in [4.78, 5) is 41.8. The zero-order valence-corrected chi connectivity index (χ0v) is 14.7. The molecule has 2 aromatic rings. The standard InChI is InChI=1S/C17H15BrN4O3/c18-12-5-1-2-7-14(12)22-10-11(9-15(22)23)16(24)20-21-17(25)13-6-3-4-8-19-13/h1-8,11H,9-10H2,(H,20,24)(H,21,25). The maximum absolute atomic E-state index is 12.3. The normalized spacial score (nSPS) is 16.6. The first-order valence-corrected chi connectivity index (χ1v) is 8.41. The molecule has 0 spiro atoms. The first-order valence-electron chi connectivity index (χ1n) is 7.62. The molecule has 0 radical (unpaired) electrons. The number of nitrogens with one attached hydrogen (secondary N) is 2. The molecule has 3 amide bonds. The molecule has 1 aromatic carbocycles. The highest BCUT2D eigenvalue weighted by molar-refractivity contribution is 9.10. The van der Waals surface area contributed by atoms with Crippen molar-refractivity contribution in [2.24, 2.45) is 5.92 Å². The lowest BCUT2D eigenvalue weighted by atomic mass is 10.1. The Kier molecular flexibility index (Phi) is 5.08. The van der Waals surface area contributed by atoms with E-state index in [9.17, 15) is 14.4 Å². The van der Waals surface area contributed by atoms with Crippen molar-refractivity contribution in [1.29, 1.82) is 0 Å². The van der Waals surface area contributed by atoms with Gasteiger partial charge in [-0.05, 0) is 40.2 Å². The van der Waals surface area contributed by atoms with Gasteiger partial charge in [0, 0.05) is 23.6 Å². The molecular formula is C17H15BrN4O3. The third kappa shape index (κ3) is 3.85. The topological polar surface area (TPSA) is 91.4 Å². The molecule has 1 aromatic heterocycles. The lowest BCUT2D eigenvalue weighted by molar-refractivity contribution is -0.126. The molecular weight excluding hydrogens is 388 g/mol. The minimum absolute atomic E-state index is 0.0899. The fourth-order valence-electron chi connectivity index (χ4n) is 2.57. The monoisotopic (exact) mass is 402 g/mol. The van der Waals surface area contributed by atoms with Crippen LogP contribution in [0.25, 0.3) is 0 Å². The molecule has 2 heterocycles. The van der Waals surface area contributed by atoms with Crippen LogP contribution in [0, 0.1) is 5.92 Å². The van der Waals surface area contributed by atoms with Crippen LogP contribution >= 0.6 is 15.9 Å². The van der Waals surface area contributed by atoms with Gasteiger partial charge in [0.2, 0.25) is 11.8 Å². The van der Waals surface area contributed by atoms with Gasteiger partial charge in [0.15, 0.2) is 0 Å². The molecule has 3 rings (SSSR count). The molecule has 1 atom stereocenters. The molecule has 0 bridgehead atoms. The number of benzene rings is 1. The van der Waals surface area contributed by atoms with E-state index >= 15 is 0 Å². The van der Waals surface area contributed by atoms with Gasteiger partial charge in [0.05, 0.1) is 11.6 Å². The number of anilines is 1. The number of rotatable bonds is 3. The van der Waals surface area contributed by atoms with Crippen molar-refractivity contribution in [2.45, 2.75) is 6.42 Å². The Morgan fingerprint density at radius 3 is 2.60 bits per heavy atom. The summed E-state index contributed by atoms with van der Waals surface area (Å²) in [7, 11) is 0. The molecule has 1 aliphatic heterocycles. The largest absolute Gasteiger partial charge is 0.310 e. The van der Waals surface area contributed by atoms with Gasteiger partial charge in [-0.1, -0.05) is 18.2 Å². The van der Waals surface area contributed by atoms with Gasteiger partial charge in [0.1, 0.15) is 5.69 Å². The summed E-state index contributed by atoms with van der Waals surface area (Å²) in [5.41, 5.74) is 5.59. The van der Waals surface area contributed by atoms with E-state index in [1.165, 1.54) is 12.3 Å². The number of amides is 3. The quantitative estimate of drug-likeness (QED) is 0.763. The minimum atomic E-state index is -0.538. The van der Waals surface area contributed by atoms with E-state index in [4.69, 9.17) is 0 Å². The average molecular weight is 403 g/mol. The molecule has 25 heavy (non-hydrogen) atoms. The lowest BCUT2D eigenvalue weighted by Crippen LogP contribution is -2.45. The number of carbonyl (C=O) groups is 3. The van der Waals surface area contributed by atoms with E-state index in [2.05, 4.69) is 31.8 Å². The first-order chi connectivity index (χ1) is 12.1. The zero-order valence-electron chi connectivity index (χ0n) is 13.1. The van der Waals surface area contributed by atoms with Crippen molar-refractivity contribution >= 4 is 39.3 Å². The molecule has 0 aliphatic carbocycles. The van der Waals surface area contributed by atoms with Crippen LogP contribution in [0.5, 0.6) is 0 Å². The number of halogens is 1. The molecule has 1 fully saturated rings. The Bertz CT molecular complexity index is 813. The molecule has 1 unspecified atom stereocenters. The van der Waals surface area contributed by atoms with Crippen LogP contribution in [0.15, 0.2) is 53.1 Å². The fraction of sp³-hybridized carbons (Fsp3) is 0.176. The number of carbonyl (C=O) groups excluding carboxylic acids is 3. The second-order valence-electron chi connectivity index (χ2n) is 5.52. The first kappa shape index (κ1) is 17.1. The van der Waals surface area contributed by atoms with E-state index < -0.39 is 17.7 Å². The Morgan fingerprint density at radius 2 is 1.88 bits per heavy atom. The maximum Gasteiger partial charge on any atom is 0.288 e. The number of para-hydroxylation sites is 1. The highest BCUT2D eigenvalue weighted by Gasteiger charge is 2.36. The predicted octanol–water partition coefficient (Wildman–Crippen LogP) is 1.66. The van der Waals surface area contributed by atoms with E-state index in [0.29, 0.717) is 0 Å². The molecule has 2 N–H and O–H groups in total. The smallest absolute Gasteiger partial charge is 0.288 e. The number of aromatic nitrogens is 1. The van der Waals surface area contributed by atoms with Gasteiger partial charge < -0.3 is 4.90 Å². The number of nitrogens with zero attached hydrogens (tertiary/aromatic N) is 2. The fourth-order valence-corrected chi connectivity index (χ4v) is 3.07. The molecule has 128 valence electrons. The van der Waals surface area contributed by atoms with Crippen LogP contribution in [0.4, 0.5) is 5.69 Å². The zero-order chi connectivity index (χ0) is 17.8. The second kappa shape index (κ2) is 7.43. The van der Waals surface area contributed by atoms with Gasteiger partial charge in [-0.25, -0.2) is 0 Å². The average Bonchev–Trinajstić information content (AvgIpc) is 3.02. The van der Waals surface area contributed by atoms with Gasteiger partial charge in [0.25, 0.3) is 5.91 Å². The van der Waals surface area contributed by atoms with E-state index in [1.807, 2.05) is 24.3 Å². The summed E-state index contributed by atoms with van der Waals surface area (Å²) in [6, 6.07) is 12.2. The molecule has 7 nitrogen and oxygen atoms in total. The Balaban J connectivity index is 1.60. The lowest BCUT2D eigenvalue weighted by Gasteiger charge is -2.18. The Labute approximate surface area is 152 Å². The third-order valence-electron chi connectivity index (χ3n) is 3.84. The van der Waals surface area contributed by atoms with Crippen molar-refractivity contribution in [2.75, 3.05) is 11.4 Å². The van der Waals surface area contributed by atoms with Crippen LogP contribution in [-0.2, 0) is 9.59 Å². The van der Waals surface area contributed by atoms with Crippen molar-refractivity contribution < 1.29 is 14.4 Å². The SMILES string of the molecule is O=C(NNC(=O)C1CC(=O)N(c2ccccc2Br)C1)c1ccccn1. The summed E-state index contributed by atoms with van der Waals surface area (Å²) < 4.78 is 0.785. The van der Waals surface area contributed by atoms with Crippen molar-refractivity contribution in [3.63, 3.8) is 0 Å². The van der Waals surface area contributed by atoms with Crippen LogP contribution in [0.3, 0.4) is 0 Å². The third-order valence-corrected chi connectivity index (χ3v) is 4.51. The van der Waals surface area contributed by atoms with Crippen molar-refractivity contribution in [1.82, 2.24) is 15.8 Å². The molecule has 8 heteroatoms. The minimum Gasteiger partial charge on any atom is -0.310 e. The summed E-state index contributed by atoms with van der Waals surface area (Å²) in [6.07, 6.45) is 1.58. The highest BCUT2D eigenvalue weighted by Crippen LogP contribution is 2.31. The van der Waals surface area contributed by atoms with Crippen molar-refractivity contribution in [3.05, 3.63) is 58.8 Å². The van der Waals surface area contributed by atoms with E-state index in [1.54, 1.807) is 17.0 Å². The summed E-state index contributed by atoms with van der Waals surface area (Å²) in [5.74, 6) is -1.60. The summed E-state index contributed by atoms with van der Waals surface area (Å²) in [6.45, 7) is 0.257. The van der Waals surface area contributed by atoms with Crippen LogP contribution in [0.1, 0.15) is 16.9 Å². The van der Waals surface area contributed by atoms with Gasteiger partial charge in [-0.2, -0.15) is 0 Å². The number of hydrogen-bond acceptors (Lipinski definition) is 4. The van der Waals surface area contributed by atoms with Crippen LogP contribution in [-0.4, -0.2) is 29.3 Å². The second-order valence-corrected chi connectivity index (χ2v) is 6.37. The molecule has 1 saturated heterocycles. The van der Waals surface area contributed by atoms with Gasteiger partial charge in [-0.15, -0.1) is 0 Å². The maximum atomic E-state index is 12.3. The van der Waals surface area contributed by atoms with Crippen molar-refractivity contribution in [3.8, 4) is 0 Å². The molecule has 1 aliphatic rings. The summed E-state index contributed by atoms with van der Waals surface area (Å²) in [5, 5.41) is 0. The van der Waals surface area contributed by atoms with Crippen LogP contribution in [0.2, 0.25) is 0 Å². The Morgan fingerprint density at radius 1 is 1.12 bits per heavy atom. The van der Waals surface area contributed by atoms with Gasteiger partial charge >= 0.3 is 0 Å². The number of hydrazine groups is 1. The highest BCUT2D eigenvalue weighted by atomic mass is 79.9. The van der Waals surface area contributed by atoms with E-state index in [0.717, 1.165) is 10.2 Å². The number of hydrogen-bond donors (Lipinski definition) is 2. The number of pyridine rings is 1. The predicted molar refractivity (Wildman–Crippen MR) is 94.4 cm³/mol. The molecule has 0 saturated carbocycles. The van der Waals surface area contributed by atoms with E-state index in [-0.39, 0.29) is 24.6 Å². The summed E-state index contributed by atoms with van der Waals surface area (Å²) >= 11 is 3.41.